The van der Waals surface area contributed by atoms with Crippen molar-refractivity contribution in [2.75, 3.05) is 26.3 Å². The normalized spacial score (nSPS) is 20.4. The molecule has 0 unspecified atom stereocenters. The molecule has 1 saturated heterocycles. The molecule has 1 fully saturated rings. The van der Waals surface area contributed by atoms with Crippen molar-refractivity contribution in [3.63, 3.8) is 0 Å². The quantitative estimate of drug-likeness (QED) is 0.700. The summed E-state index contributed by atoms with van der Waals surface area (Å²) in [4.78, 5) is 0. The van der Waals surface area contributed by atoms with Crippen molar-refractivity contribution in [2.45, 2.75) is 25.1 Å². The van der Waals surface area contributed by atoms with Crippen LogP contribution in [0, 0.1) is 0 Å². The van der Waals surface area contributed by atoms with Crippen molar-refractivity contribution < 1.29 is 12.4 Å². The van der Waals surface area contributed by atoms with E-state index in [0.717, 1.165) is 12.8 Å². The minimum absolute atomic E-state index is 0.354. The Morgan fingerprint density at radius 1 is 1.31 bits per heavy atom. The van der Waals surface area contributed by atoms with Crippen molar-refractivity contribution in [3.05, 3.63) is 0 Å². The molecule has 1 rings (SSSR count). The Kier molecular flexibility index (Phi) is 4.32. The Balaban J connectivity index is 2.47. The fourth-order valence-electron chi connectivity index (χ4n) is 1.28. The predicted octanol–water partition coefficient (Wildman–Crippen LogP) is 0.919. The first-order valence-corrected chi connectivity index (χ1v) is 8.10. The van der Waals surface area contributed by atoms with Gasteiger partial charge in [-0.15, -0.1) is 0 Å². The van der Waals surface area contributed by atoms with Gasteiger partial charge in [0.15, 0.2) is 0 Å². The van der Waals surface area contributed by atoms with Gasteiger partial charge in [0.25, 0.3) is 0 Å². The Hall–Kier alpha value is 0.0395. The van der Waals surface area contributed by atoms with Crippen LogP contribution in [0.5, 0.6) is 0 Å². The standard InChI is InChI=1S/C8H17NO3Se/c1-2-3-8-13(10,11)9-4-6-12-7-5-9/h2-8H2,1H3. The molecule has 4 nitrogen and oxygen atoms in total. The Morgan fingerprint density at radius 3 is 2.46 bits per heavy atom. The second kappa shape index (κ2) is 5.05. The van der Waals surface area contributed by atoms with Crippen LogP contribution in [0.15, 0.2) is 0 Å². The molecule has 1 heterocycles. The Bertz CT molecular complexity index is 232. The number of ether oxygens (including phenoxy) is 1. The zero-order valence-electron chi connectivity index (χ0n) is 8.03. The predicted molar refractivity (Wildman–Crippen MR) is 49.2 cm³/mol. The average Bonchev–Trinajstić information content (AvgIpc) is 2.16. The van der Waals surface area contributed by atoms with Gasteiger partial charge in [0.05, 0.1) is 0 Å². The molecule has 0 aromatic rings. The molecule has 0 radical (unpaired) electrons. The van der Waals surface area contributed by atoms with Gasteiger partial charge in [-0.05, 0) is 0 Å². The van der Waals surface area contributed by atoms with Crippen molar-refractivity contribution >= 4 is 12.9 Å². The number of unbranched alkanes of at least 4 members (excludes halogenated alkanes) is 1. The molecule has 13 heavy (non-hydrogen) atoms. The summed E-state index contributed by atoms with van der Waals surface area (Å²) < 4.78 is 30.1. The van der Waals surface area contributed by atoms with E-state index in [9.17, 15) is 7.67 Å². The van der Waals surface area contributed by atoms with Gasteiger partial charge in [-0.25, -0.2) is 0 Å². The first-order chi connectivity index (χ1) is 6.17. The minimum atomic E-state index is -3.75. The third-order valence-corrected chi connectivity index (χ3v) is 6.22. The van der Waals surface area contributed by atoms with Crippen LogP contribution in [0.25, 0.3) is 0 Å². The molecule has 0 N–H and O–H groups in total. The van der Waals surface area contributed by atoms with Crippen molar-refractivity contribution in [2.24, 2.45) is 0 Å². The fraction of sp³-hybridized carbons (Fsp3) is 1.00. The van der Waals surface area contributed by atoms with E-state index in [2.05, 4.69) is 0 Å². The molecular weight excluding hydrogens is 237 g/mol. The molecule has 0 atom stereocenters. The first-order valence-electron chi connectivity index (χ1n) is 4.72. The molecule has 1 aliphatic heterocycles. The number of nitrogens with zero attached hydrogens (tertiary/aromatic N) is 1. The van der Waals surface area contributed by atoms with Crippen LogP contribution in [0.2, 0.25) is 5.32 Å². The van der Waals surface area contributed by atoms with Crippen LogP contribution >= 0.6 is 0 Å². The third-order valence-electron chi connectivity index (χ3n) is 2.12. The summed E-state index contributed by atoms with van der Waals surface area (Å²) in [6, 6.07) is 0. The van der Waals surface area contributed by atoms with Crippen molar-refractivity contribution in [3.8, 4) is 0 Å². The van der Waals surface area contributed by atoms with Gasteiger partial charge < -0.3 is 0 Å². The summed E-state index contributed by atoms with van der Waals surface area (Å²) in [6.07, 6.45) is 1.72. The van der Waals surface area contributed by atoms with E-state index in [0.29, 0.717) is 31.6 Å². The zero-order valence-corrected chi connectivity index (χ0v) is 9.74. The monoisotopic (exact) mass is 255 g/mol. The summed E-state index contributed by atoms with van der Waals surface area (Å²) in [5.41, 5.74) is 0. The van der Waals surface area contributed by atoms with Crippen LogP contribution in [-0.4, -0.2) is 43.1 Å². The third kappa shape index (κ3) is 3.35. The van der Waals surface area contributed by atoms with Gasteiger partial charge in [0, 0.05) is 0 Å². The van der Waals surface area contributed by atoms with Crippen LogP contribution in [0.3, 0.4) is 0 Å². The van der Waals surface area contributed by atoms with Gasteiger partial charge in [0.2, 0.25) is 0 Å². The summed E-state index contributed by atoms with van der Waals surface area (Å²) in [5.74, 6) is 0. The molecule has 0 aromatic heterocycles. The summed E-state index contributed by atoms with van der Waals surface area (Å²) in [6.45, 7) is 4.21. The Morgan fingerprint density at radius 2 is 1.92 bits per heavy atom. The fourth-order valence-corrected chi connectivity index (χ4v) is 4.67. The summed E-state index contributed by atoms with van der Waals surface area (Å²) in [5, 5.41) is 0.354. The van der Waals surface area contributed by atoms with E-state index in [1.54, 1.807) is 3.92 Å². The van der Waals surface area contributed by atoms with Crippen molar-refractivity contribution in [1.82, 2.24) is 3.92 Å². The molecular formula is C8H17NO3Se. The number of hydrogen-bond donors (Lipinski definition) is 0. The zero-order chi connectivity index (χ0) is 9.73. The van der Waals surface area contributed by atoms with Crippen LogP contribution < -0.4 is 0 Å². The average molecular weight is 254 g/mol. The molecule has 0 spiro atoms. The van der Waals surface area contributed by atoms with E-state index >= 15 is 0 Å². The second-order valence-corrected chi connectivity index (χ2v) is 7.56. The van der Waals surface area contributed by atoms with Gasteiger partial charge in [0.1, 0.15) is 0 Å². The van der Waals surface area contributed by atoms with Crippen LogP contribution in [0.4, 0.5) is 0 Å². The molecule has 0 aliphatic carbocycles. The molecule has 0 saturated carbocycles. The molecule has 5 heteroatoms. The van der Waals surface area contributed by atoms with E-state index in [4.69, 9.17) is 4.74 Å². The van der Waals surface area contributed by atoms with E-state index < -0.39 is 12.9 Å². The summed E-state index contributed by atoms with van der Waals surface area (Å²) >= 11 is -3.75. The number of morpholine rings is 1. The Labute approximate surface area is 81.1 Å². The molecule has 78 valence electrons. The first kappa shape index (κ1) is 11.1. The van der Waals surface area contributed by atoms with Gasteiger partial charge in [-0.2, -0.15) is 0 Å². The second-order valence-electron chi connectivity index (χ2n) is 3.18. The van der Waals surface area contributed by atoms with E-state index in [1.807, 2.05) is 6.92 Å². The maximum atomic E-state index is 11.7. The maximum absolute atomic E-state index is 11.7. The van der Waals surface area contributed by atoms with E-state index in [1.165, 1.54) is 0 Å². The SMILES string of the molecule is CCCC[Se](=O)(=O)N1CCOCC1. The molecule has 1 aliphatic rings. The molecule has 0 bridgehead atoms. The van der Waals surface area contributed by atoms with Gasteiger partial charge in [-0.1, -0.05) is 0 Å². The van der Waals surface area contributed by atoms with E-state index in [-0.39, 0.29) is 0 Å². The van der Waals surface area contributed by atoms with Gasteiger partial charge in [-0.3, -0.25) is 0 Å². The van der Waals surface area contributed by atoms with Crippen molar-refractivity contribution in [1.29, 1.82) is 0 Å². The molecule has 0 aromatic carbocycles. The number of rotatable bonds is 4. The molecule has 0 amide bonds. The number of hydrogen-bond acceptors (Lipinski definition) is 3. The van der Waals surface area contributed by atoms with Crippen LogP contribution in [0.1, 0.15) is 19.8 Å². The van der Waals surface area contributed by atoms with Crippen LogP contribution in [-0.2, 0) is 12.4 Å². The topological polar surface area (TPSA) is 46.6 Å². The van der Waals surface area contributed by atoms with Gasteiger partial charge >= 0.3 is 80.6 Å². The summed E-state index contributed by atoms with van der Waals surface area (Å²) in [7, 11) is 0.